The number of esters is 1. The number of nitrogens with zero attached hydrogens (tertiary/aromatic N) is 1. The Morgan fingerprint density at radius 3 is 2.61 bits per heavy atom. The fourth-order valence-corrected chi connectivity index (χ4v) is 2.05. The molecule has 0 aliphatic carbocycles. The lowest BCUT2D eigenvalue weighted by Crippen LogP contribution is -2.22. The lowest BCUT2D eigenvalue weighted by molar-refractivity contribution is -0.142. The first kappa shape index (κ1) is 16.9. The van der Waals surface area contributed by atoms with Gasteiger partial charge in [0, 0.05) is 13.0 Å². The van der Waals surface area contributed by atoms with E-state index in [1.54, 1.807) is 6.07 Å². The highest BCUT2D eigenvalue weighted by atomic mass is 32.2. The Morgan fingerprint density at radius 2 is 2.00 bits per heavy atom. The summed E-state index contributed by atoms with van der Waals surface area (Å²) in [4.78, 5) is 11.2. The number of nitriles is 1. The van der Waals surface area contributed by atoms with Crippen LogP contribution in [-0.2, 0) is 24.1 Å². The van der Waals surface area contributed by atoms with Gasteiger partial charge in [0.05, 0.1) is 18.4 Å². The van der Waals surface area contributed by atoms with Crippen molar-refractivity contribution >= 4 is 15.8 Å². The van der Waals surface area contributed by atoms with Gasteiger partial charge in [0.15, 0.2) is 9.84 Å². The molecule has 0 saturated heterocycles. The predicted octanol–water partition coefficient (Wildman–Crippen LogP) is 0.675. The summed E-state index contributed by atoms with van der Waals surface area (Å²) < 4.78 is 32.4. The number of carbonyl (C=O) groups excluding carboxylic acids is 1. The van der Waals surface area contributed by atoms with Gasteiger partial charge in [-0.25, -0.2) is 8.42 Å². The molecular weight excluding hydrogens is 258 g/mol. The third-order valence-corrected chi connectivity index (χ3v) is 3.50. The first-order valence-electron chi connectivity index (χ1n) is 5.82. The smallest absolute Gasteiger partial charge is 0.321 e. The molecule has 0 aromatic rings. The second-order valence-electron chi connectivity index (χ2n) is 3.69. The van der Waals surface area contributed by atoms with E-state index in [0.29, 0.717) is 6.61 Å². The molecule has 0 unspecified atom stereocenters. The minimum atomic E-state index is -3.53. The highest BCUT2D eigenvalue weighted by Crippen LogP contribution is 1.95. The second-order valence-corrected chi connectivity index (χ2v) is 5.87. The van der Waals surface area contributed by atoms with Crippen LogP contribution < -0.4 is 0 Å². The van der Waals surface area contributed by atoms with E-state index in [0.717, 1.165) is 12.8 Å². The summed E-state index contributed by atoms with van der Waals surface area (Å²) >= 11 is 0. The molecule has 0 N–H and O–H groups in total. The molecule has 0 heterocycles. The third-order valence-electron chi connectivity index (χ3n) is 2.00. The van der Waals surface area contributed by atoms with Gasteiger partial charge in [-0.3, -0.25) is 4.79 Å². The van der Waals surface area contributed by atoms with Crippen molar-refractivity contribution in [2.24, 2.45) is 0 Å². The molecular formula is C11H19NO5S. The van der Waals surface area contributed by atoms with Crippen LogP contribution in [0.5, 0.6) is 0 Å². The highest BCUT2D eigenvalue weighted by molar-refractivity contribution is 7.92. The van der Waals surface area contributed by atoms with Crippen LogP contribution in [0.25, 0.3) is 0 Å². The molecule has 0 saturated carbocycles. The summed E-state index contributed by atoms with van der Waals surface area (Å²) in [6.45, 7) is 2.96. The Hall–Kier alpha value is -1.13. The van der Waals surface area contributed by atoms with E-state index >= 15 is 0 Å². The van der Waals surface area contributed by atoms with Crippen LogP contribution in [0, 0.1) is 11.3 Å². The number of hydrogen-bond acceptors (Lipinski definition) is 6. The van der Waals surface area contributed by atoms with Crippen LogP contribution in [0.3, 0.4) is 0 Å². The van der Waals surface area contributed by atoms with Gasteiger partial charge in [-0.2, -0.15) is 5.26 Å². The van der Waals surface area contributed by atoms with Gasteiger partial charge in [-0.1, -0.05) is 13.3 Å². The monoisotopic (exact) mass is 277 g/mol. The SMILES string of the molecule is CCCCOCCOC(=O)CS(=O)(=O)CCC#N. The standard InChI is InChI=1S/C11H19NO5S/c1-2-3-6-16-7-8-17-11(13)10-18(14,15)9-4-5-12/h2-4,6-10H2,1H3. The molecule has 0 aromatic heterocycles. The Kier molecular flexibility index (Phi) is 9.24. The molecule has 0 radical (unpaired) electrons. The molecule has 0 aromatic carbocycles. The van der Waals surface area contributed by atoms with Crippen LogP contribution in [0.15, 0.2) is 0 Å². The summed E-state index contributed by atoms with van der Waals surface area (Å²) in [5.41, 5.74) is 0. The van der Waals surface area contributed by atoms with Crippen molar-refractivity contribution in [3.8, 4) is 6.07 Å². The number of sulfone groups is 1. The molecule has 7 heteroatoms. The van der Waals surface area contributed by atoms with Crippen molar-refractivity contribution in [1.29, 1.82) is 5.26 Å². The second kappa shape index (κ2) is 9.85. The van der Waals surface area contributed by atoms with Crippen molar-refractivity contribution in [3.05, 3.63) is 0 Å². The lowest BCUT2D eigenvalue weighted by atomic mass is 10.4. The van der Waals surface area contributed by atoms with Gasteiger partial charge < -0.3 is 9.47 Å². The van der Waals surface area contributed by atoms with Gasteiger partial charge in [0.25, 0.3) is 0 Å². The zero-order valence-electron chi connectivity index (χ0n) is 10.6. The summed E-state index contributed by atoms with van der Waals surface area (Å²) in [6, 6.07) is 1.72. The number of rotatable bonds is 10. The summed E-state index contributed by atoms with van der Waals surface area (Å²) in [7, 11) is -3.53. The number of hydrogen-bond donors (Lipinski definition) is 0. The molecule has 0 atom stereocenters. The Morgan fingerprint density at radius 1 is 1.28 bits per heavy atom. The van der Waals surface area contributed by atoms with Gasteiger partial charge >= 0.3 is 5.97 Å². The van der Waals surface area contributed by atoms with E-state index in [-0.39, 0.29) is 25.4 Å². The number of carbonyl (C=O) groups is 1. The third kappa shape index (κ3) is 10.1. The van der Waals surface area contributed by atoms with Crippen LogP contribution in [-0.4, -0.2) is 45.7 Å². The van der Waals surface area contributed by atoms with Gasteiger partial charge in [-0.15, -0.1) is 0 Å². The maximum absolute atomic E-state index is 11.3. The van der Waals surface area contributed by atoms with E-state index in [9.17, 15) is 13.2 Å². The fourth-order valence-electron chi connectivity index (χ4n) is 1.06. The van der Waals surface area contributed by atoms with Crippen LogP contribution in [0.1, 0.15) is 26.2 Å². The molecule has 0 amide bonds. The van der Waals surface area contributed by atoms with Gasteiger partial charge in [-0.05, 0) is 6.42 Å². The van der Waals surface area contributed by atoms with Crippen LogP contribution in [0.2, 0.25) is 0 Å². The summed E-state index contributed by atoms with van der Waals surface area (Å²) in [5.74, 6) is -1.79. The molecule has 104 valence electrons. The summed E-state index contributed by atoms with van der Waals surface area (Å²) in [6.07, 6.45) is 1.85. The quantitative estimate of drug-likeness (QED) is 0.430. The highest BCUT2D eigenvalue weighted by Gasteiger charge is 2.17. The van der Waals surface area contributed by atoms with Crippen molar-refractivity contribution in [2.75, 3.05) is 31.3 Å². The van der Waals surface area contributed by atoms with Crippen molar-refractivity contribution in [2.45, 2.75) is 26.2 Å². The van der Waals surface area contributed by atoms with Crippen molar-refractivity contribution in [3.63, 3.8) is 0 Å². The first-order valence-corrected chi connectivity index (χ1v) is 7.64. The summed E-state index contributed by atoms with van der Waals surface area (Å²) in [5, 5.41) is 8.26. The molecule has 0 rings (SSSR count). The fraction of sp³-hybridized carbons (Fsp3) is 0.818. The Balaban J connectivity index is 3.68. The van der Waals surface area contributed by atoms with Crippen LogP contribution in [0.4, 0.5) is 0 Å². The largest absolute Gasteiger partial charge is 0.462 e. The number of ether oxygens (including phenoxy) is 2. The molecule has 6 nitrogen and oxygen atoms in total. The van der Waals surface area contributed by atoms with E-state index in [1.807, 2.05) is 6.92 Å². The average molecular weight is 277 g/mol. The molecule has 18 heavy (non-hydrogen) atoms. The van der Waals surface area contributed by atoms with E-state index in [2.05, 4.69) is 0 Å². The zero-order valence-corrected chi connectivity index (χ0v) is 11.4. The number of unbranched alkanes of at least 4 members (excludes halogenated alkanes) is 1. The lowest BCUT2D eigenvalue weighted by Gasteiger charge is -2.05. The minimum absolute atomic E-state index is 0.0519. The van der Waals surface area contributed by atoms with Crippen LogP contribution >= 0.6 is 0 Å². The molecule has 0 spiro atoms. The van der Waals surface area contributed by atoms with Crippen molar-refractivity contribution in [1.82, 2.24) is 0 Å². The molecule has 0 aliphatic rings. The maximum atomic E-state index is 11.3. The van der Waals surface area contributed by atoms with E-state index in [1.165, 1.54) is 0 Å². The molecule has 0 bridgehead atoms. The average Bonchev–Trinajstić information content (AvgIpc) is 2.30. The van der Waals surface area contributed by atoms with E-state index < -0.39 is 21.6 Å². The molecule has 0 aliphatic heterocycles. The minimum Gasteiger partial charge on any atom is -0.462 e. The Labute approximate surface area is 108 Å². The normalized spacial score (nSPS) is 10.9. The topological polar surface area (TPSA) is 93.5 Å². The molecule has 0 fully saturated rings. The first-order chi connectivity index (χ1) is 8.52. The van der Waals surface area contributed by atoms with Gasteiger partial charge in [0.1, 0.15) is 12.4 Å². The van der Waals surface area contributed by atoms with Gasteiger partial charge in [0.2, 0.25) is 0 Å². The maximum Gasteiger partial charge on any atom is 0.321 e. The Bertz CT molecular complexity index is 371. The van der Waals surface area contributed by atoms with E-state index in [4.69, 9.17) is 14.7 Å². The zero-order chi connectivity index (χ0) is 13.9. The predicted molar refractivity (Wildman–Crippen MR) is 65.6 cm³/mol. The van der Waals surface area contributed by atoms with Crippen molar-refractivity contribution < 1.29 is 22.7 Å².